The number of nitrogens with zero attached hydrogens (tertiary/aromatic N) is 3. The van der Waals surface area contributed by atoms with E-state index in [1.54, 1.807) is 6.07 Å². The van der Waals surface area contributed by atoms with Gasteiger partial charge < -0.3 is 15.0 Å². The molecule has 5 heteroatoms. The van der Waals surface area contributed by atoms with Crippen molar-refractivity contribution in [3.63, 3.8) is 0 Å². The SMILES string of the molecule is N#Cc1ccc2nc(N)n(CC3CCOCC3)c2c1. The largest absolute Gasteiger partial charge is 0.381 e. The first-order valence-electron chi connectivity index (χ1n) is 6.51. The Morgan fingerprint density at radius 1 is 1.42 bits per heavy atom. The van der Waals surface area contributed by atoms with Crippen molar-refractivity contribution < 1.29 is 4.74 Å². The smallest absolute Gasteiger partial charge is 0.201 e. The molecule has 1 saturated heterocycles. The van der Waals surface area contributed by atoms with E-state index in [-0.39, 0.29) is 0 Å². The van der Waals surface area contributed by atoms with Crippen LogP contribution in [-0.2, 0) is 11.3 Å². The van der Waals surface area contributed by atoms with Gasteiger partial charge >= 0.3 is 0 Å². The maximum Gasteiger partial charge on any atom is 0.201 e. The van der Waals surface area contributed by atoms with Crippen LogP contribution in [0, 0.1) is 17.2 Å². The van der Waals surface area contributed by atoms with E-state index in [2.05, 4.69) is 11.1 Å². The summed E-state index contributed by atoms with van der Waals surface area (Å²) in [6.45, 7) is 2.49. The highest BCUT2D eigenvalue weighted by Gasteiger charge is 2.17. The summed E-state index contributed by atoms with van der Waals surface area (Å²) in [6, 6.07) is 7.64. The minimum atomic E-state index is 0.525. The first-order chi connectivity index (χ1) is 9.28. The van der Waals surface area contributed by atoms with Crippen molar-refractivity contribution in [1.82, 2.24) is 9.55 Å². The zero-order valence-electron chi connectivity index (χ0n) is 10.7. The van der Waals surface area contributed by atoms with Crippen LogP contribution in [0.5, 0.6) is 0 Å². The van der Waals surface area contributed by atoms with Crippen molar-refractivity contribution in [1.29, 1.82) is 5.26 Å². The van der Waals surface area contributed by atoms with Gasteiger partial charge in [-0.2, -0.15) is 5.26 Å². The molecule has 19 heavy (non-hydrogen) atoms. The number of nitriles is 1. The van der Waals surface area contributed by atoms with E-state index >= 15 is 0 Å². The Bertz CT molecular complexity index is 635. The molecule has 98 valence electrons. The lowest BCUT2D eigenvalue weighted by Gasteiger charge is -2.23. The highest BCUT2D eigenvalue weighted by Crippen LogP contribution is 2.24. The number of imidazole rings is 1. The maximum atomic E-state index is 8.99. The van der Waals surface area contributed by atoms with Crippen molar-refractivity contribution in [2.24, 2.45) is 5.92 Å². The molecular weight excluding hydrogens is 240 g/mol. The second-order valence-electron chi connectivity index (χ2n) is 4.95. The highest BCUT2D eigenvalue weighted by molar-refractivity contribution is 5.79. The Kier molecular flexibility index (Phi) is 3.10. The number of nitrogens with two attached hydrogens (primary N) is 1. The van der Waals surface area contributed by atoms with Crippen LogP contribution in [0.25, 0.3) is 11.0 Å². The second-order valence-corrected chi connectivity index (χ2v) is 4.95. The molecule has 3 rings (SSSR count). The van der Waals surface area contributed by atoms with Gasteiger partial charge in [-0.1, -0.05) is 0 Å². The van der Waals surface area contributed by atoms with Crippen LogP contribution < -0.4 is 5.73 Å². The Hall–Kier alpha value is -2.06. The van der Waals surface area contributed by atoms with Gasteiger partial charge in [-0.05, 0) is 37.0 Å². The molecule has 1 aliphatic rings. The third-order valence-electron chi connectivity index (χ3n) is 3.69. The van der Waals surface area contributed by atoms with E-state index in [4.69, 9.17) is 15.7 Å². The number of rotatable bonds is 2. The minimum Gasteiger partial charge on any atom is -0.381 e. The lowest BCUT2D eigenvalue weighted by molar-refractivity contribution is 0.0618. The summed E-state index contributed by atoms with van der Waals surface area (Å²) in [6.07, 6.45) is 2.11. The molecule has 0 saturated carbocycles. The van der Waals surface area contributed by atoms with Crippen molar-refractivity contribution in [2.45, 2.75) is 19.4 Å². The molecule has 0 atom stereocenters. The van der Waals surface area contributed by atoms with Gasteiger partial charge in [0, 0.05) is 19.8 Å². The van der Waals surface area contributed by atoms with Crippen LogP contribution in [0.2, 0.25) is 0 Å². The van der Waals surface area contributed by atoms with Gasteiger partial charge in [0.15, 0.2) is 0 Å². The number of ether oxygens (including phenoxy) is 1. The van der Waals surface area contributed by atoms with E-state index < -0.39 is 0 Å². The first kappa shape index (κ1) is 12.0. The molecule has 2 aromatic rings. The Labute approximate surface area is 111 Å². The topological polar surface area (TPSA) is 76.9 Å². The Balaban J connectivity index is 1.97. The third kappa shape index (κ3) is 2.27. The zero-order valence-corrected chi connectivity index (χ0v) is 10.7. The van der Waals surface area contributed by atoms with Gasteiger partial charge in [0.05, 0.1) is 22.7 Å². The van der Waals surface area contributed by atoms with Crippen LogP contribution in [0.15, 0.2) is 18.2 Å². The predicted molar refractivity (Wildman–Crippen MR) is 72.4 cm³/mol. The quantitative estimate of drug-likeness (QED) is 0.890. The molecule has 0 radical (unpaired) electrons. The average Bonchev–Trinajstić information content (AvgIpc) is 2.76. The van der Waals surface area contributed by atoms with E-state index in [0.717, 1.165) is 43.6 Å². The maximum absolute atomic E-state index is 8.99. The Morgan fingerprint density at radius 2 is 2.21 bits per heavy atom. The van der Waals surface area contributed by atoms with Gasteiger partial charge in [0.1, 0.15) is 0 Å². The number of fused-ring (bicyclic) bond motifs is 1. The van der Waals surface area contributed by atoms with Crippen LogP contribution in [0.1, 0.15) is 18.4 Å². The van der Waals surface area contributed by atoms with Crippen molar-refractivity contribution in [3.8, 4) is 6.07 Å². The standard InChI is InChI=1S/C14H16N4O/c15-8-11-1-2-12-13(7-11)18(14(16)17-12)9-10-3-5-19-6-4-10/h1-2,7,10H,3-6,9H2,(H2,16,17). The molecule has 0 spiro atoms. The van der Waals surface area contributed by atoms with Crippen molar-refractivity contribution >= 4 is 17.0 Å². The van der Waals surface area contributed by atoms with E-state index in [0.29, 0.717) is 17.4 Å². The number of hydrogen-bond donors (Lipinski definition) is 1. The summed E-state index contributed by atoms with van der Waals surface area (Å²) in [4.78, 5) is 4.35. The molecule has 0 aliphatic carbocycles. The van der Waals surface area contributed by atoms with Crippen molar-refractivity contribution in [3.05, 3.63) is 23.8 Å². The van der Waals surface area contributed by atoms with E-state index in [1.165, 1.54) is 0 Å². The Morgan fingerprint density at radius 3 is 2.95 bits per heavy atom. The van der Waals surface area contributed by atoms with E-state index in [1.807, 2.05) is 16.7 Å². The van der Waals surface area contributed by atoms with Gasteiger partial charge in [0.2, 0.25) is 5.95 Å². The lowest BCUT2D eigenvalue weighted by Crippen LogP contribution is -2.21. The van der Waals surface area contributed by atoms with Crippen LogP contribution in [0.4, 0.5) is 5.95 Å². The summed E-state index contributed by atoms with van der Waals surface area (Å²) in [5, 5.41) is 8.99. The molecule has 2 heterocycles. The summed E-state index contributed by atoms with van der Waals surface area (Å²) < 4.78 is 7.39. The summed E-state index contributed by atoms with van der Waals surface area (Å²) >= 11 is 0. The van der Waals surface area contributed by atoms with Gasteiger partial charge in [-0.3, -0.25) is 0 Å². The van der Waals surface area contributed by atoms with Gasteiger partial charge in [0.25, 0.3) is 0 Å². The second kappa shape index (κ2) is 4.90. The van der Waals surface area contributed by atoms with Crippen LogP contribution >= 0.6 is 0 Å². The lowest BCUT2D eigenvalue weighted by atomic mass is 10.0. The normalized spacial score (nSPS) is 16.6. The van der Waals surface area contributed by atoms with Crippen LogP contribution in [-0.4, -0.2) is 22.8 Å². The molecular formula is C14H16N4O. The monoisotopic (exact) mass is 256 g/mol. The molecule has 0 amide bonds. The molecule has 0 unspecified atom stereocenters. The average molecular weight is 256 g/mol. The number of aromatic nitrogens is 2. The first-order valence-corrected chi connectivity index (χ1v) is 6.51. The molecule has 1 aliphatic heterocycles. The number of nitrogen functional groups attached to an aromatic ring is 1. The van der Waals surface area contributed by atoms with Gasteiger partial charge in [-0.15, -0.1) is 0 Å². The van der Waals surface area contributed by atoms with Crippen LogP contribution in [0.3, 0.4) is 0 Å². The minimum absolute atomic E-state index is 0.525. The fourth-order valence-electron chi connectivity index (χ4n) is 2.59. The molecule has 1 aromatic heterocycles. The number of hydrogen-bond acceptors (Lipinski definition) is 4. The molecule has 0 bridgehead atoms. The third-order valence-corrected chi connectivity index (χ3v) is 3.69. The molecule has 1 fully saturated rings. The summed E-state index contributed by atoms with van der Waals surface area (Å²) in [5.41, 5.74) is 8.44. The zero-order chi connectivity index (χ0) is 13.2. The fourth-order valence-corrected chi connectivity index (χ4v) is 2.59. The number of benzene rings is 1. The molecule has 2 N–H and O–H groups in total. The molecule has 5 nitrogen and oxygen atoms in total. The van der Waals surface area contributed by atoms with Gasteiger partial charge in [-0.25, -0.2) is 4.98 Å². The van der Waals surface area contributed by atoms with Crippen molar-refractivity contribution in [2.75, 3.05) is 18.9 Å². The van der Waals surface area contributed by atoms with E-state index in [9.17, 15) is 0 Å². The highest BCUT2D eigenvalue weighted by atomic mass is 16.5. The predicted octanol–water partition coefficient (Wildman–Crippen LogP) is 1.92. The fraction of sp³-hybridized carbons (Fsp3) is 0.429. The summed E-state index contributed by atoms with van der Waals surface area (Å²) in [5.74, 6) is 1.09. The number of anilines is 1. The summed E-state index contributed by atoms with van der Waals surface area (Å²) in [7, 11) is 0. The molecule has 1 aromatic carbocycles.